The number of alkyl halides is 1. The molecular formula is C11H15BrN2O. The minimum absolute atomic E-state index is 0.136. The third kappa shape index (κ3) is 3.04. The van der Waals surface area contributed by atoms with E-state index < -0.39 is 0 Å². The van der Waals surface area contributed by atoms with Crippen LogP contribution in [0.5, 0.6) is 0 Å². The molecule has 1 aromatic carbocycles. The van der Waals surface area contributed by atoms with E-state index in [4.69, 9.17) is 0 Å². The van der Waals surface area contributed by atoms with Gasteiger partial charge in [0.25, 0.3) is 0 Å². The van der Waals surface area contributed by atoms with Gasteiger partial charge in [0.2, 0.25) is 0 Å². The molecule has 0 unspecified atom stereocenters. The van der Waals surface area contributed by atoms with Crippen LogP contribution < -0.4 is 9.70 Å². The highest BCUT2D eigenvalue weighted by Gasteiger charge is 2.21. The Morgan fingerprint density at radius 2 is 2.00 bits per heavy atom. The first-order valence-electron chi connectivity index (χ1n) is 4.85. The standard InChI is InChI=1S/C11H15BrN2O/c1-3-14(2,13-11(15)9-12)10-7-5-4-6-8-10/h4-8H,3,9H2,1-2H3/t14-/m0/s1. The molecule has 0 aliphatic rings. The summed E-state index contributed by atoms with van der Waals surface area (Å²) in [6, 6.07) is 9.82. The number of hydrogen-bond donors (Lipinski definition) is 0. The Hall–Kier alpha value is -0.870. The van der Waals surface area contributed by atoms with Crippen LogP contribution in [0.3, 0.4) is 0 Å². The first-order chi connectivity index (χ1) is 7.12. The van der Waals surface area contributed by atoms with E-state index in [1.807, 2.05) is 44.3 Å². The van der Waals surface area contributed by atoms with Crippen molar-refractivity contribution in [2.24, 2.45) is 5.10 Å². The molecule has 1 aromatic rings. The minimum Gasteiger partial charge on any atom is -0.857 e. The van der Waals surface area contributed by atoms with Crippen molar-refractivity contribution in [3.8, 4) is 0 Å². The zero-order valence-electron chi connectivity index (χ0n) is 8.98. The fourth-order valence-corrected chi connectivity index (χ4v) is 1.45. The van der Waals surface area contributed by atoms with Crippen molar-refractivity contribution in [2.45, 2.75) is 6.92 Å². The van der Waals surface area contributed by atoms with E-state index in [1.54, 1.807) is 0 Å². The van der Waals surface area contributed by atoms with Crippen LogP contribution in [0.2, 0.25) is 0 Å². The van der Waals surface area contributed by atoms with Crippen molar-refractivity contribution in [3.63, 3.8) is 0 Å². The van der Waals surface area contributed by atoms with Gasteiger partial charge in [-0.1, -0.05) is 39.2 Å². The van der Waals surface area contributed by atoms with Gasteiger partial charge in [0, 0.05) is 23.4 Å². The average molecular weight is 271 g/mol. The molecule has 0 heterocycles. The van der Waals surface area contributed by atoms with Gasteiger partial charge < -0.3 is 5.11 Å². The lowest BCUT2D eigenvalue weighted by Gasteiger charge is -2.27. The number of rotatable bonds is 4. The molecule has 0 aliphatic heterocycles. The topological polar surface area (TPSA) is 35.4 Å². The normalized spacial score (nSPS) is 16.1. The number of quaternary nitrogens is 1. The summed E-state index contributed by atoms with van der Waals surface area (Å²) < 4.78 is 0.297. The summed E-state index contributed by atoms with van der Waals surface area (Å²) in [4.78, 5) is 0. The Labute approximate surface area is 98.8 Å². The molecule has 0 spiro atoms. The van der Waals surface area contributed by atoms with E-state index in [-0.39, 0.29) is 11.2 Å². The number of nitrogens with zero attached hydrogens (tertiary/aromatic N) is 2. The van der Waals surface area contributed by atoms with Gasteiger partial charge in [0.05, 0.1) is 7.05 Å². The fraction of sp³-hybridized carbons (Fsp3) is 0.364. The second-order valence-electron chi connectivity index (χ2n) is 3.42. The minimum atomic E-state index is -0.136. The molecule has 0 amide bonds. The van der Waals surface area contributed by atoms with E-state index in [0.717, 1.165) is 12.2 Å². The van der Waals surface area contributed by atoms with E-state index in [2.05, 4.69) is 21.0 Å². The van der Waals surface area contributed by atoms with E-state index in [9.17, 15) is 5.11 Å². The molecule has 1 atom stereocenters. The van der Waals surface area contributed by atoms with Gasteiger partial charge >= 0.3 is 0 Å². The molecule has 0 radical (unpaired) electrons. The highest BCUT2D eigenvalue weighted by atomic mass is 79.9. The number of halogens is 1. The van der Waals surface area contributed by atoms with Crippen LogP contribution in [-0.4, -0.2) is 24.8 Å². The van der Waals surface area contributed by atoms with Crippen LogP contribution in [0, 0.1) is 0 Å². The van der Waals surface area contributed by atoms with Gasteiger partial charge in [0.15, 0.2) is 5.69 Å². The number of benzene rings is 1. The zero-order chi connectivity index (χ0) is 11.3. The second-order valence-corrected chi connectivity index (χ2v) is 3.98. The predicted octanol–water partition coefficient (Wildman–Crippen LogP) is 1.71. The summed E-state index contributed by atoms with van der Waals surface area (Å²) in [7, 11) is 1.93. The summed E-state index contributed by atoms with van der Waals surface area (Å²) >= 11 is 3.12. The van der Waals surface area contributed by atoms with Gasteiger partial charge in [-0.25, -0.2) is 0 Å². The molecular weight excluding hydrogens is 256 g/mol. The number of hydrogen-bond acceptors (Lipinski definition) is 2. The summed E-state index contributed by atoms with van der Waals surface area (Å²) in [6.07, 6.45) is 0. The first-order valence-corrected chi connectivity index (χ1v) is 5.97. The smallest absolute Gasteiger partial charge is 0.158 e. The summed E-state index contributed by atoms with van der Waals surface area (Å²) in [6.45, 7) is 2.76. The maximum atomic E-state index is 11.3. The van der Waals surface area contributed by atoms with E-state index >= 15 is 0 Å². The van der Waals surface area contributed by atoms with Crippen LogP contribution in [-0.2, 0) is 0 Å². The third-order valence-corrected chi connectivity index (χ3v) is 2.85. The van der Waals surface area contributed by atoms with Gasteiger partial charge in [-0.2, -0.15) is 4.59 Å². The lowest BCUT2D eigenvalue weighted by Crippen LogP contribution is -2.42. The maximum Gasteiger partial charge on any atom is 0.158 e. The van der Waals surface area contributed by atoms with Crippen LogP contribution in [0.1, 0.15) is 6.92 Å². The predicted molar refractivity (Wildman–Crippen MR) is 65.9 cm³/mol. The molecule has 4 heteroatoms. The fourth-order valence-electron chi connectivity index (χ4n) is 1.33. The van der Waals surface area contributed by atoms with Crippen LogP contribution >= 0.6 is 15.9 Å². The van der Waals surface area contributed by atoms with Crippen molar-refractivity contribution in [2.75, 3.05) is 18.9 Å². The van der Waals surface area contributed by atoms with Crippen molar-refractivity contribution in [1.29, 1.82) is 0 Å². The molecule has 0 fully saturated rings. The average Bonchev–Trinajstić information content (AvgIpc) is 2.30. The van der Waals surface area contributed by atoms with E-state index in [1.165, 1.54) is 0 Å². The lowest BCUT2D eigenvalue weighted by molar-refractivity contribution is -0.216. The monoisotopic (exact) mass is 270 g/mol. The SMILES string of the molecule is CC[N@+](C)(N=C([O-])CBr)c1ccccc1. The van der Waals surface area contributed by atoms with Crippen LogP contribution in [0.25, 0.3) is 0 Å². The van der Waals surface area contributed by atoms with Crippen molar-refractivity contribution in [1.82, 2.24) is 4.59 Å². The Morgan fingerprint density at radius 3 is 2.47 bits per heavy atom. The molecule has 0 N–H and O–H groups in total. The molecule has 0 aliphatic carbocycles. The highest BCUT2D eigenvalue weighted by molar-refractivity contribution is 9.09. The van der Waals surface area contributed by atoms with Crippen molar-refractivity contribution < 1.29 is 5.11 Å². The summed E-state index contributed by atoms with van der Waals surface area (Å²) in [5.74, 6) is -0.136. The quantitative estimate of drug-likeness (QED) is 0.270. The lowest BCUT2D eigenvalue weighted by atomic mass is 10.3. The first kappa shape index (κ1) is 12.2. The van der Waals surface area contributed by atoms with Gasteiger partial charge in [-0.05, 0) is 6.92 Å². The molecule has 0 saturated carbocycles. The summed E-state index contributed by atoms with van der Waals surface area (Å²) in [5.41, 5.74) is 1.02. The molecule has 3 nitrogen and oxygen atoms in total. The Bertz CT molecular complexity index is 340. The molecule has 0 bridgehead atoms. The van der Waals surface area contributed by atoms with Crippen LogP contribution in [0.4, 0.5) is 5.69 Å². The molecule has 82 valence electrons. The number of para-hydroxylation sites is 1. The second kappa shape index (κ2) is 5.28. The Balaban J connectivity index is 3.06. The van der Waals surface area contributed by atoms with E-state index in [0.29, 0.717) is 4.59 Å². The van der Waals surface area contributed by atoms with Crippen molar-refractivity contribution in [3.05, 3.63) is 30.3 Å². The molecule has 0 aromatic heterocycles. The molecule has 0 saturated heterocycles. The highest BCUT2D eigenvalue weighted by Crippen LogP contribution is 2.20. The zero-order valence-corrected chi connectivity index (χ0v) is 10.6. The van der Waals surface area contributed by atoms with Gasteiger partial charge in [-0.15, -0.1) is 0 Å². The molecule has 15 heavy (non-hydrogen) atoms. The van der Waals surface area contributed by atoms with Crippen molar-refractivity contribution >= 4 is 27.5 Å². The Morgan fingerprint density at radius 1 is 1.40 bits per heavy atom. The Kier molecular flexibility index (Phi) is 4.29. The molecule has 1 rings (SSSR count). The van der Waals surface area contributed by atoms with Gasteiger partial charge in [0.1, 0.15) is 6.54 Å². The van der Waals surface area contributed by atoms with Gasteiger partial charge in [-0.3, -0.25) is 0 Å². The maximum absolute atomic E-state index is 11.3. The summed E-state index contributed by atoms with van der Waals surface area (Å²) in [5, 5.41) is 15.8. The third-order valence-electron chi connectivity index (χ3n) is 2.37. The van der Waals surface area contributed by atoms with Crippen LogP contribution in [0.15, 0.2) is 35.4 Å². The largest absolute Gasteiger partial charge is 0.857 e.